The van der Waals surface area contributed by atoms with Crippen LogP contribution >= 0.6 is 11.3 Å². The SMILES string of the molecule is COc1cc2c(cc1NC(=O)CN1CCC(NC(=O)c3cccs3)CC1)oc1ccccc12. The van der Waals surface area contributed by atoms with Gasteiger partial charge in [0.05, 0.1) is 24.2 Å². The number of methoxy groups -OCH3 is 1. The summed E-state index contributed by atoms with van der Waals surface area (Å²) >= 11 is 1.44. The van der Waals surface area contributed by atoms with E-state index in [-0.39, 0.29) is 24.4 Å². The summed E-state index contributed by atoms with van der Waals surface area (Å²) in [6.07, 6.45) is 1.64. The number of furan rings is 1. The molecule has 2 aromatic carbocycles. The highest BCUT2D eigenvalue weighted by Gasteiger charge is 2.23. The number of carbonyl (C=O) groups excluding carboxylic acids is 2. The molecule has 8 heteroatoms. The number of benzene rings is 2. The van der Waals surface area contributed by atoms with E-state index in [4.69, 9.17) is 9.15 Å². The lowest BCUT2D eigenvalue weighted by molar-refractivity contribution is -0.117. The molecular weight excluding hydrogens is 438 g/mol. The second-order valence-electron chi connectivity index (χ2n) is 8.20. The first kappa shape index (κ1) is 21.5. The van der Waals surface area contributed by atoms with Gasteiger partial charge in [0.2, 0.25) is 5.91 Å². The van der Waals surface area contributed by atoms with Crippen LogP contribution in [-0.4, -0.2) is 49.5 Å². The van der Waals surface area contributed by atoms with Crippen LogP contribution in [0.2, 0.25) is 0 Å². The number of likely N-dealkylation sites (tertiary alicyclic amines) is 1. The van der Waals surface area contributed by atoms with Gasteiger partial charge in [-0.2, -0.15) is 0 Å². The molecular formula is C25H25N3O4S. The summed E-state index contributed by atoms with van der Waals surface area (Å²) in [6.45, 7) is 1.79. The van der Waals surface area contributed by atoms with Crippen LogP contribution in [0.1, 0.15) is 22.5 Å². The Morgan fingerprint density at radius 2 is 1.91 bits per heavy atom. The highest BCUT2D eigenvalue weighted by atomic mass is 32.1. The number of ether oxygens (including phenoxy) is 1. The molecule has 2 amide bonds. The van der Waals surface area contributed by atoms with Gasteiger partial charge in [-0.25, -0.2) is 0 Å². The van der Waals surface area contributed by atoms with Gasteiger partial charge >= 0.3 is 0 Å². The van der Waals surface area contributed by atoms with Gasteiger partial charge in [-0.3, -0.25) is 14.5 Å². The largest absolute Gasteiger partial charge is 0.495 e. The lowest BCUT2D eigenvalue weighted by atomic mass is 10.0. The summed E-state index contributed by atoms with van der Waals surface area (Å²) in [6, 6.07) is 15.4. The van der Waals surface area contributed by atoms with Crippen LogP contribution in [0.5, 0.6) is 5.75 Å². The van der Waals surface area contributed by atoms with Crippen molar-refractivity contribution in [2.75, 3.05) is 32.1 Å². The van der Waals surface area contributed by atoms with E-state index in [1.807, 2.05) is 53.9 Å². The molecule has 7 nitrogen and oxygen atoms in total. The number of rotatable bonds is 6. The number of piperidine rings is 1. The molecule has 0 atom stereocenters. The second kappa shape index (κ2) is 9.25. The van der Waals surface area contributed by atoms with E-state index in [0.717, 1.165) is 47.2 Å². The number of amides is 2. The maximum absolute atomic E-state index is 12.8. The zero-order valence-electron chi connectivity index (χ0n) is 18.3. The molecule has 0 bridgehead atoms. The van der Waals surface area contributed by atoms with Gasteiger partial charge in [0, 0.05) is 36.0 Å². The number of carbonyl (C=O) groups is 2. The normalized spacial score (nSPS) is 15.1. The maximum Gasteiger partial charge on any atom is 0.261 e. The zero-order valence-corrected chi connectivity index (χ0v) is 19.1. The van der Waals surface area contributed by atoms with Gasteiger partial charge in [0.15, 0.2) is 0 Å². The molecule has 4 aromatic rings. The predicted octanol–water partition coefficient (Wildman–Crippen LogP) is 4.49. The highest BCUT2D eigenvalue weighted by molar-refractivity contribution is 7.12. The Hall–Kier alpha value is -3.36. The fraction of sp³-hybridized carbons (Fsp3) is 0.280. The van der Waals surface area contributed by atoms with Crippen molar-refractivity contribution in [1.29, 1.82) is 0 Å². The van der Waals surface area contributed by atoms with E-state index >= 15 is 0 Å². The van der Waals surface area contributed by atoms with Gasteiger partial charge in [0.1, 0.15) is 16.9 Å². The topological polar surface area (TPSA) is 83.8 Å². The molecule has 0 radical (unpaired) electrons. The maximum atomic E-state index is 12.8. The quantitative estimate of drug-likeness (QED) is 0.440. The molecule has 3 heterocycles. The highest BCUT2D eigenvalue weighted by Crippen LogP contribution is 2.36. The van der Waals surface area contributed by atoms with E-state index in [1.54, 1.807) is 7.11 Å². The first-order chi connectivity index (χ1) is 16.1. The molecule has 2 N–H and O–H groups in total. The van der Waals surface area contributed by atoms with E-state index < -0.39 is 0 Å². The molecule has 1 aliphatic rings. The minimum Gasteiger partial charge on any atom is -0.495 e. The van der Waals surface area contributed by atoms with Crippen molar-refractivity contribution in [3.05, 3.63) is 58.8 Å². The van der Waals surface area contributed by atoms with E-state index in [2.05, 4.69) is 15.5 Å². The van der Waals surface area contributed by atoms with Crippen LogP contribution in [0.25, 0.3) is 21.9 Å². The number of thiophene rings is 1. The molecule has 0 unspecified atom stereocenters. The summed E-state index contributed by atoms with van der Waals surface area (Å²) in [5, 5.41) is 9.93. The number of hydrogen-bond acceptors (Lipinski definition) is 6. The smallest absolute Gasteiger partial charge is 0.261 e. The molecule has 0 spiro atoms. The summed E-state index contributed by atoms with van der Waals surface area (Å²) < 4.78 is 11.5. The molecule has 1 saturated heterocycles. The standard InChI is InChI=1S/C25H25N3O4S/c1-31-22-13-18-17-5-2-3-6-20(17)32-21(18)14-19(22)27-24(29)15-28-10-8-16(9-11-28)26-25(30)23-7-4-12-33-23/h2-7,12-14,16H,8-11,15H2,1H3,(H,26,30)(H,27,29). The molecule has 170 valence electrons. The van der Waals surface area contributed by atoms with Crippen LogP contribution in [-0.2, 0) is 4.79 Å². The van der Waals surface area contributed by atoms with Crippen molar-refractivity contribution in [1.82, 2.24) is 10.2 Å². The first-order valence-corrected chi connectivity index (χ1v) is 11.8. The van der Waals surface area contributed by atoms with Gasteiger partial charge < -0.3 is 19.8 Å². The van der Waals surface area contributed by atoms with Crippen LogP contribution in [0.15, 0.2) is 58.3 Å². The van der Waals surface area contributed by atoms with Crippen LogP contribution < -0.4 is 15.4 Å². The monoisotopic (exact) mass is 463 g/mol. The lowest BCUT2D eigenvalue weighted by Crippen LogP contribution is -2.46. The van der Waals surface area contributed by atoms with E-state index in [1.165, 1.54) is 11.3 Å². The summed E-state index contributed by atoms with van der Waals surface area (Å²) in [4.78, 5) is 27.8. The fourth-order valence-electron chi connectivity index (χ4n) is 4.31. The molecule has 1 aliphatic heterocycles. The second-order valence-corrected chi connectivity index (χ2v) is 9.14. The Morgan fingerprint density at radius 3 is 2.67 bits per heavy atom. The van der Waals surface area contributed by atoms with Crippen LogP contribution in [0, 0.1) is 0 Å². The number of nitrogens with zero attached hydrogens (tertiary/aromatic N) is 1. The van der Waals surface area contributed by atoms with Gasteiger partial charge in [0.25, 0.3) is 5.91 Å². The van der Waals surface area contributed by atoms with Crippen molar-refractivity contribution in [3.8, 4) is 5.75 Å². The lowest BCUT2D eigenvalue weighted by Gasteiger charge is -2.31. The number of para-hydroxylation sites is 1. The molecule has 33 heavy (non-hydrogen) atoms. The summed E-state index contributed by atoms with van der Waals surface area (Å²) in [5.41, 5.74) is 2.09. The number of hydrogen-bond donors (Lipinski definition) is 2. The zero-order chi connectivity index (χ0) is 22.8. The molecule has 0 saturated carbocycles. The summed E-state index contributed by atoms with van der Waals surface area (Å²) in [5.74, 6) is 0.469. The number of anilines is 1. The number of nitrogens with one attached hydrogen (secondary N) is 2. The minimum absolute atomic E-state index is 0.0192. The van der Waals surface area contributed by atoms with Crippen molar-refractivity contribution < 1.29 is 18.7 Å². The Bertz CT molecular complexity index is 1290. The number of fused-ring (bicyclic) bond motifs is 3. The Labute approximate surface area is 195 Å². The Kier molecular flexibility index (Phi) is 6.02. The molecule has 5 rings (SSSR count). The molecule has 0 aliphatic carbocycles. The van der Waals surface area contributed by atoms with Crippen LogP contribution in [0.3, 0.4) is 0 Å². The van der Waals surface area contributed by atoms with Crippen LogP contribution in [0.4, 0.5) is 5.69 Å². The van der Waals surface area contributed by atoms with E-state index in [0.29, 0.717) is 17.0 Å². The third-order valence-corrected chi connectivity index (χ3v) is 6.88. The average Bonchev–Trinajstić information content (AvgIpc) is 3.48. The third kappa shape index (κ3) is 4.58. The van der Waals surface area contributed by atoms with Gasteiger partial charge in [-0.15, -0.1) is 11.3 Å². The summed E-state index contributed by atoms with van der Waals surface area (Å²) in [7, 11) is 1.59. The molecule has 2 aromatic heterocycles. The Balaban J connectivity index is 1.20. The average molecular weight is 464 g/mol. The minimum atomic E-state index is -0.107. The fourth-order valence-corrected chi connectivity index (χ4v) is 4.94. The first-order valence-electron chi connectivity index (χ1n) is 11.0. The predicted molar refractivity (Wildman–Crippen MR) is 130 cm³/mol. The van der Waals surface area contributed by atoms with Gasteiger partial charge in [-0.1, -0.05) is 24.3 Å². The van der Waals surface area contributed by atoms with Crippen molar-refractivity contribution in [2.24, 2.45) is 0 Å². The van der Waals surface area contributed by atoms with Crippen molar-refractivity contribution in [3.63, 3.8) is 0 Å². The van der Waals surface area contributed by atoms with Crippen molar-refractivity contribution in [2.45, 2.75) is 18.9 Å². The third-order valence-electron chi connectivity index (χ3n) is 6.01. The van der Waals surface area contributed by atoms with Crippen molar-refractivity contribution >= 4 is 50.8 Å². The van der Waals surface area contributed by atoms with Gasteiger partial charge in [-0.05, 0) is 36.4 Å². The van der Waals surface area contributed by atoms with E-state index in [9.17, 15) is 9.59 Å². The Morgan fingerprint density at radius 1 is 1.09 bits per heavy atom. The molecule has 1 fully saturated rings.